The van der Waals surface area contributed by atoms with Crippen LogP contribution in [-0.2, 0) is 11.0 Å². The van der Waals surface area contributed by atoms with Gasteiger partial charge < -0.3 is 5.11 Å². The molecule has 0 aliphatic rings. The van der Waals surface area contributed by atoms with Crippen LogP contribution in [0.5, 0.6) is 0 Å². The highest BCUT2D eigenvalue weighted by molar-refractivity contribution is 7.82. The molecule has 0 aromatic carbocycles. The molecule has 0 radical (unpaired) electrons. The van der Waals surface area contributed by atoms with Gasteiger partial charge in [0.1, 0.15) is 0 Å². The van der Waals surface area contributed by atoms with E-state index >= 15 is 0 Å². The summed E-state index contributed by atoms with van der Waals surface area (Å²) in [5.74, 6) is 0. The molecule has 0 spiro atoms. The Morgan fingerprint density at radius 2 is 2.11 bits per heavy atom. The number of hydrogen-bond donors (Lipinski definition) is 2. The van der Waals surface area contributed by atoms with Gasteiger partial charge in [-0.05, 0) is 13.8 Å². The quantitative estimate of drug-likeness (QED) is 0.578. The monoisotopic (exact) mass is 151 g/mol. The predicted octanol–water partition coefficient (Wildman–Crippen LogP) is -0.360. The minimum atomic E-state index is -1.02. The van der Waals surface area contributed by atoms with Gasteiger partial charge in [0.05, 0.1) is 16.6 Å². The van der Waals surface area contributed by atoms with Crippen LogP contribution in [0, 0.1) is 0 Å². The van der Waals surface area contributed by atoms with Gasteiger partial charge in [-0.1, -0.05) is 0 Å². The van der Waals surface area contributed by atoms with Gasteiger partial charge in [0.25, 0.3) is 0 Å². The summed E-state index contributed by atoms with van der Waals surface area (Å²) >= 11 is 0. The first kappa shape index (κ1) is 9.07. The molecule has 0 heterocycles. The molecule has 4 heteroatoms. The molecule has 9 heavy (non-hydrogen) atoms. The third-order valence-electron chi connectivity index (χ3n) is 0.708. The van der Waals surface area contributed by atoms with Crippen molar-refractivity contribution < 1.29 is 9.32 Å². The highest BCUT2D eigenvalue weighted by atomic mass is 32.2. The number of aliphatic hydroxyl groups is 1. The molecule has 0 amide bonds. The van der Waals surface area contributed by atoms with Crippen LogP contribution in [0.25, 0.3) is 0 Å². The first-order valence-corrected chi connectivity index (χ1v) is 4.27. The van der Waals surface area contributed by atoms with Crippen LogP contribution in [0.3, 0.4) is 0 Å². The lowest BCUT2D eigenvalue weighted by Crippen LogP contribution is -2.35. The molecule has 0 saturated heterocycles. The van der Waals surface area contributed by atoms with Gasteiger partial charge in [-0.2, -0.15) is 0 Å². The van der Waals surface area contributed by atoms with E-state index in [1.165, 1.54) is 6.26 Å². The maximum atomic E-state index is 10.4. The largest absolute Gasteiger partial charge is 0.389 e. The van der Waals surface area contributed by atoms with Gasteiger partial charge in [-0.15, -0.1) is 0 Å². The van der Waals surface area contributed by atoms with Crippen molar-refractivity contribution >= 4 is 11.0 Å². The summed E-state index contributed by atoms with van der Waals surface area (Å²) in [6.45, 7) is 3.68. The van der Waals surface area contributed by atoms with Crippen molar-refractivity contribution in [3.8, 4) is 0 Å². The van der Waals surface area contributed by atoms with E-state index in [0.29, 0.717) is 6.54 Å². The summed E-state index contributed by atoms with van der Waals surface area (Å²) < 4.78 is 13.0. The lowest BCUT2D eigenvalue weighted by atomic mass is 10.1. The molecule has 0 fully saturated rings. The minimum absolute atomic E-state index is 0.357. The number of nitrogens with one attached hydrogen (secondary N) is 1. The summed E-state index contributed by atoms with van der Waals surface area (Å²) in [6.07, 6.45) is 1.53. The third kappa shape index (κ3) is 8.07. The lowest BCUT2D eigenvalue weighted by Gasteiger charge is -2.15. The lowest BCUT2D eigenvalue weighted by molar-refractivity contribution is 0.0862. The second-order valence-corrected chi connectivity index (χ2v) is 3.78. The molecule has 0 aromatic rings. The molecule has 3 nitrogen and oxygen atoms in total. The Morgan fingerprint density at radius 1 is 1.67 bits per heavy atom. The van der Waals surface area contributed by atoms with Crippen molar-refractivity contribution in [1.29, 1.82) is 0 Å². The Kier molecular flexibility index (Phi) is 3.32. The Balaban J connectivity index is 3.39. The topological polar surface area (TPSA) is 49.3 Å². The van der Waals surface area contributed by atoms with Gasteiger partial charge in [-0.25, -0.2) is 8.93 Å². The molecule has 0 aliphatic carbocycles. The second kappa shape index (κ2) is 3.29. The van der Waals surface area contributed by atoms with Gasteiger partial charge >= 0.3 is 0 Å². The standard InChI is InChI=1S/C5H13NO2S/c1-5(2,7)4-6-9(3)8/h6-7H,4H2,1-3H3. The number of rotatable bonds is 3. The summed E-state index contributed by atoms with van der Waals surface area (Å²) in [7, 11) is -1.02. The van der Waals surface area contributed by atoms with Crippen molar-refractivity contribution in [2.24, 2.45) is 0 Å². The van der Waals surface area contributed by atoms with Crippen LogP contribution in [0.4, 0.5) is 0 Å². The van der Waals surface area contributed by atoms with Gasteiger partial charge in [-0.3, -0.25) is 0 Å². The smallest absolute Gasteiger partial charge is 0.0884 e. The number of hydrogen-bond acceptors (Lipinski definition) is 2. The molecule has 0 bridgehead atoms. The molecule has 0 saturated carbocycles. The Labute approximate surface area is 58.1 Å². The van der Waals surface area contributed by atoms with Crippen LogP contribution >= 0.6 is 0 Å². The van der Waals surface area contributed by atoms with Crippen LogP contribution in [-0.4, -0.2) is 27.7 Å². The highest BCUT2D eigenvalue weighted by Gasteiger charge is 2.11. The van der Waals surface area contributed by atoms with E-state index in [-0.39, 0.29) is 0 Å². The first-order valence-electron chi connectivity index (χ1n) is 2.71. The summed E-state index contributed by atoms with van der Waals surface area (Å²) in [5, 5.41) is 9.07. The van der Waals surface area contributed by atoms with Crippen LogP contribution in [0.1, 0.15) is 13.8 Å². The van der Waals surface area contributed by atoms with E-state index in [2.05, 4.69) is 4.72 Å². The molecular formula is C5H13NO2S. The molecular weight excluding hydrogens is 138 g/mol. The fourth-order valence-electron chi connectivity index (χ4n) is 0.278. The van der Waals surface area contributed by atoms with E-state index in [9.17, 15) is 4.21 Å². The Morgan fingerprint density at radius 3 is 2.22 bits per heavy atom. The average Bonchev–Trinajstić information content (AvgIpc) is 1.59. The van der Waals surface area contributed by atoms with Crippen molar-refractivity contribution in [3.63, 3.8) is 0 Å². The summed E-state index contributed by atoms with van der Waals surface area (Å²) in [6, 6.07) is 0. The fourth-order valence-corrected chi connectivity index (χ4v) is 0.835. The van der Waals surface area contributed by atoms with Crippen molar-refractivity contribution in [3.05, 3.63) is 0 Å². The molecule has 0 aromatic heterocycles. The SMILES string of the molecule is CS(=O)NCC(C)(C)O. The Bertz CT molecular complexity index is 108. The molecule has 0 aliphatic heterocycles. The molecule has 0 rings (SSSR count). The zero-order chi connectivity index (χ0) is 7.49. The summed E-state index contributed by atoms with van der Waals surface area (Å²) in [4.78, 5) is 0. The van der Waals surface area contributed by atoms with Crippen LogP contribution in [0.15, 0.2) is 0 Å². The average molecular weight is 151 g/mol. The zero-order valence-corrected chi connectivity index (χ0v) is 6.79. The second-order valence-electron chi connectivity index (χ2n) is 2.59. The Hall–Kier alpha value is 0.0700. The summed E-state index contributed by atoms with van der Waals surface area (Å²) in [5.41, 5.74) is -0.772. The van der Waals surface area contributed by atoms with Crippen molar-refractivity contribution in [2.75, 3.05) is 12.8 Å². The highest BCUT2D eigenvalue weighted by Crippen LogP contribution is 1.96. The van der Waals surface area contributed by atoms with Gasteiger partial charge in [0, 0.05) is 12.8 Å². The van der Waals surface area contributed by atoms with Gasteiger partial charge in [0.15, 0.2) is 0 Å². The van der Waals surface area contributed by atoms with E-state index in [0.717, 1.165) is 0 Å². The van der Waals surface area contributed by atoms with Crippen molar-refractivity contribution in [2.45, 2.75) is 19.4 Å². The predicted molar refractivity (Wildman–Crippen MR) is 38.4 cm³/mol. The van der Waals surface area contributed by atoms with E-state index in [1.54, 1.807) is 13.8 Å². The van der Waals surface area contributed by atoms with E-state index in [1.807, 2.05) is 0 Å². The van der Waals surface area contributed by atoms with E-state index in [4.69, 9.17) is 5.11 Å². The maximum Gasteiger partial charge on any atom is 0.0884 e. The molecule has 1 atom stereocenters. The van der Waals surface area contributed by atoms with Crippen LogP contribution in [0.2, 0.25) is 0 Å². The van der Waals surface area contributed by atoms with E-state index < -0.39 is 16.6 Å². The minimum Gasteiger partial charge on any atom is -0.389 e. The normalized spacial score (nSPS) is 15.6. The maximum absolute atomic E-state index is 10.4. The molecule has 56 valence electrons. The van der Waals surface area contributed by atoms with Crippen LogP contribution < -0.4 is 4.72 Å². The first-order chi connectivity index (χ1) is 3.92. The van der Waals surface area contributed by atoms with Gasteiger partial charge in [0.2, 0.25) is 0 Å². The zero-order valence-electron chi connectivity index (χ0n) is 5.97. The van der Waals surface area contributed by atoms with Crippen molar-refractivity contribution in [1.82, 2.24) is 4.72 Å². The molecule has 1 unspecified atom stereocenters. The molecule has 2 N–H and O–H groups in total. The fraction of sp³-hybridized carbons (Fsp3) is 1.00. The third-order valence-corrected chi connectivity index (χ3v) is 1.26.